The second kappa shape index (κ2) is 4.39. The summed E-state index contributed by atoms with van der Waals surface area (Å²) in [5, 5.41) is 2.99. The van der Waals surface area contributed by atoms with Crippen molar-refractivity contribution in [1.82, 2.24) is 15.1 Å². The Morgan fingerprint density at radius 3 is 2.40 bits per heavy atom. The fourth-order valence-electron chi connectivity index (χ4n) is 1.63. The van der Waals surface area contributed by atoms with Crippen LogP contribution in [0.5, 0.6) is 0 Å². The van der Waals surface area contributed by atoms with E-state index in [-0.39, 0.29) is 11.6 Å². The predicted molar refractivity (Wildman–Crippen MR) is 61.9 cm³/mol. The van der Waals surface area contributed by atoms with Crippen LogP contribution >= 0.6 is 0 Å². The van der Waals surface area contributed by atoms with Crippen LogP contribution in [-0.2, 0) is 0 Å². The minimum atomic E-state index is -0.149. The number of nitrogens with one attached hydrogen (secondary N) is 1. The number of amides is 2. The Morgan fingerprint density at radius 1 is 1.33 bits per heavy atom. The number of hydrogen-bond acceptors (Lipinski definition) is 2. The van der Waals surface area contributed by atoms with E-state index in [1.807, 2.05) is 25.7 Å². The molecule has 0 radical (unpaired) electrons. The summed E-state index contributed by atoms with van der Waals surface area (Å²) in [5.74, 6) is 0. The van der Waals surface area contributed by atoms with Gasteiger partial charge in [-0.1, -0.05) is 0 Å². The molecule has 1 heterocycles. The van der Waals surface area contributed by atoms with Gasteiger partial charge in [-0.15, -0.1) is 0 Å². The lowest BCUT2D eigenvalue weighted by Gasteiger charge is -2.38. The van der Waals surface area contributed by atoms with Crippen LogP contribution in [0.4, 0.5) is 4.79 Å². The van der Waals surface area contributed by atoms with E-state index in [0.29, 0.717) is 6.04 Å². The Kier molecular flexibility index (Phi) is 3.60. The van der Waals surface area contributed by atoms with E-state index < -0.39 is 0 Å². The Balaban J connectivity index is 2.48. The molecule has 88 valence electrons. The molecular weight excluding hydrogens is 190 g/mol. The Hall–Kier alpha value is -0.770. The first kappa shape index (κ1) is 12.3. The average molecular weight is 213 g/mol. The van der Waals surface area contributed by atoms with Gasteiger partial charge in [0.2, 0.25) is 0 Å². The summed E-state index contributed by atoms with van der Waals surface area (Å²) in [7, 11) is 2.10. The number of carbonyl (C=O) groups is 1. The fraction of sp³-hybridized carbons (Fsp3) is 0.909. The van der Waals surface area contributed by atoms with Gasteiger partial charge in [0.05, 0.1) is 0 Å². The second-order valence-electron chi connectivity index (χ2n) is 5.46. The monoisotopic (exact) mass is 213 g/mol. The summed E-state index contributed by atoms with van der Waals surface area (Å²) in [6.07, 6.45) is 0. The van der Waals surface area contributed by atoms with Crippen LogP contribution in [0.2, 0.25) is 0 Å². The van der Waals surface area contributed by atoms with Crippen LogP contribution in [0, 0.1) is 0 Å². The maximum absolute atomic E-state index is 11.9. The van der Waals surface area contributed by atoms with Gasteiger partial charge >= 0.3 is 6.03 Å². The standard InChI is InChI=1S/C11H23N3O/c1-9-8-14(7-6-13(9)5)10(15)12-11(2,3)4/h9H,6-8H2,1-5H3,(H,12,15). The van der Waals surface area contributed by atoms with Crippen molar-refractivity contribution in [3.63, 3.8) is 0 Å². The smallest absolute Gasteiger partial charge is 0.317 e. The van der Waals surface area contributed by atoms with Crippen LogP contribution in [0.1, 0.15) is 27.7 Å². The van der Waals surface area contributed by atoms with E-state index in [1.54, 1.807) is 0 Å². The molecule has 1 saturated heterocycles. The largest absolute Gasteiger partial charge is 0.333 e. The topological polar surface area (TPSA) is 35.6 Å². The van der Waals surface area contributed by atoms with Crippen molar-refractivity contribution >= 4 is 6.03 Å². The van der Waals surface area contributed by atoms with Crippen molar-refractivity contribution in [2.45, 2.75) is 39.3 Å². The molecule has 0 aliphatic carbocycles. The van der Waals surface area contributed by atoms with Gasteiger partial charge in [0, 0.05) is 31.2 Å². The van der Waals surface area contributed by atoms with Crippen molar-refractivity contribution in [2.24, 2.45) is 0 Å². The summed E-state index contributed by atoms with van der Waals surface area (Å²) in [6.45, 7) is 10.8. The molecule has 0 aromatic heterocycles. The molecule has 1 fully saturated rings. The summed E-state index contributed by atoms with van der Waals surface area (Å²) in [5.41, 5.74) is -0.149. The molecule has 2 amide bonds. The van der Waals surface area contributed by atoms with E-state index >= 15 is 0 Å². The van der Waals surface area contributed by atoms with Gasteiger partial charge in [0.15, 0.2) is 0 Å². The maximum Gasteiger partial charge on any atom is 0.317 e. The molecule has 1 aliphatic heterocycles. The molecular formula is C11H23N3O. The minimum absolute atomic E-state index is 0.0578. The second-order valence-corrected chi connectivity index (χ2v) is 5.46. The third kappa shape index (κ3) is 3.70. The molecule has 1 N–H and O–H groups in total. The van der Waals surface area contributed by atoms with Crippen LogP contribution in [-0.4, -0.2) is 54.1 Å². The first-order chi connectivity index (χ1) is 6.79. The fourth-order valence-corrected chi connectivity index (χ4v) is 1.63. The lowest BCUT2D eigenvalue weighted by atomic mass is 10.1. The molecule has 0 aromatic carbocycles. The predicted octanol–water partition coefficient (Wildman–Crippen LogP) is 1.13. The maximum atomic E-state index is 11.9. The number of carbonyl (C=O) groups excluding carboxylic acids is 1. The highest BCUT2D eigenvalue weighted by atomic mass is 16.2. The van der Waals surface area contributed by atoms with E-state index in [1.165, 1.54) is 0 Å². The van der Waals surface area contributed by atoms with Crippen molar-refractivity contribution < 1.29 is 4.79 Å². The zero-order valence-corrected chi connectivity index (χ0v) is 10.5. The minimum Gasteiger partial charge on any atom is -0.333 e. The summed E-state index contributed by atoms with van der Waals surface area (Å²) in [4.78, 5) is 16.0. The van der Waals surface area contributed by atoms with Gasteiger partial charge in [0.25, 0.3) is 0 Å². The van der Waals surface area contributed by atoms with Gasteiger partial charge in [-0.05, 0) is 34.7 Å². The number of hydrogen-bond donors (Lipinski definition) is 1. The zero-order valence-electron chi connectivity index (χ0n) is 10.5. The number of nitrogens with zero attached hydrogens (tertiary/aromatic N) is 2. The van der Waals surface area contributed by atoms with Gasteiger partial charge in [0.1, 0.15) is 0 Å². The van der Waals surface area contributed by atoms with Gasteiger partial charge in [-0.2, -0.15) is 0 Å². The SMILES string of the molecule is CC1CN(C(=O)NC(C)(C)C)CCN1C. The van der Waals surface area contributed by atoms with Gasteiger partial charge in [-0.25, -0.2) is 4.79 Å². The Labute approximate surface area is 92.6 Å². The summed E-state index contributed by atoms with van der Waals surface area (Å²) >= 11 is 0. The van der Waals surface area contributed by atoms with E-state index in [0.717, 1.165) is 19.6 Å². The highest BCUT2D eigenvalue weighted by molar-refractivity contribution is 5.75. The molecule has 0 aromatic rings. The third-order valence-corrected chi connectivity index (χ3v) is 2.73. The highest BCUT2D eigenvalue weighted by Gasteiger charge is 2.26. The molecule has 0 spiro atoms. The van der Waals surface area contributed by atoms with Crippen molar-refractivity contribution in [1.29, 1.82) is 0 Å². The van der Waals surface area contributed by atoms with Crippen molar-refractivity contribution in [3.05, 3.63) is 0 Å². The van der Waals surface area contributed by atoms with Crippen molar-refractivity contribution in [3.8, 4) is 0 Å². The number of urea groups is 1. The number of rotatable bonds is 0. The number of likely N-dealkylation sites (N-methyl/N-ethyl adjacent to an activating group) is 1. The molecule has 0 bridgehead atoms. The number of piperazine rings is 1. The lowest BCUT2D eigenvalue weighted by molar-refractivity contribution is 0.114. The van der Waals surface area contributed by atoms with Crippen LogP contribution in [0.15, 0.2) is 0 Å². The normalized spacial score (nSPS) is 24.1. The molecule has 1 unspecified atom stereocenters. The van der Waals surface area contributed by atoms with Crippen LogP contribution in [0.25, 0.3) is 0 Å². The molecule has 15 heavy (non-hydrogen) atoms. The molecule has 4 nitrogen and oxygen atoms in total. The highest BCUT2D eigenvalue weighted by Crippen LogP contribution is 2.08. The molecule has 1 rings (SSSR count). The summed E-state index contributed by atoms with van der Waals surface area (Å²) in [6, 6.07) is 0.506. The first-order valence-electron chi connectivity index (χ1n) is 5.57. The van der Waals surface area contributed by atoms with Crippen molar-refractivity contribution in [2.75, 3.05) is 26.7 Å². The molecule has 0 saturated carbocycles. The van der Waals surface area contributed by atoms with Gasteiger partial charge < -0.3 is 15.1 Å². The lowest BCUT2D eigenvalue weighted by Crippen LogP contribution is -2.57. The summed E-state index contributed by atoms with van der Waals surface area (Å²) < 4.78 is 0. The quantitative estimate of drug-likeness (QED) is 0.655. The van der Waals surface area contributed by atoms with E-state index in [2.05, 4.69) is 24.2 Å². The third-order valence-electron chi connectivity index (χ3n) is 2.73. The van der Waals surface area contributed by atoms with Crippen LogP contribution in [0.3, 0.4) is 0 Å². The van der Waals surface area contributed by atoms with E-state index in [4.69, 9.17) is 0 Å². The Bertz CT molecular complexity index is 234. The van der Waals surface area contributed by atoms with E-state index in [9.17, 15) is 4.79 Å². The molecule has 1 atom stereocenters. The molecule has 1 aliphatic rings. The average Bonchev–Trinajstić information content (AvgIpc) is 2.06. The van der Waals surface area contributed by atoms with Crippen LogP contribution < -0.4 is 5.32 Å². The first-order valence-corrected chi connectivity index (χ1v) is 5.57. The molecule has 4 heteroatoms. The van der Waals surface area contributed by atoms with Gasteiger partial charge in [-0.3, -0.25) is 0 Å². The Morgan fingerprint density at radius 2 is 1.93 bits per heavy atom. The zero-order chi connectivity index (χ0) is 11.6.